The normalized spacial score (nSPS) is 26.5. The van der Waals surface area contributed by atoms with Crippen molar-refractivity contribution >= 4 is 11.9 Å². The molecule has 35 heavy (non-hydrogen) atoms. The van der Waals surface area contributed by atoms with E-state index in [1.807, 2.05) is 26.0 Å². The van der Waals surface area contributed by atoms with Gasteiger partial charge in [-0.25, -0.2) is 22.8 Å². The predicted molar refractivity (Wildman–Crippen MR) is 128 cm³/mol. The topological polar surface area (TPSA) is 52.6 Å². The van der Waals surface area contributed by atoms with E-state index in [4.69, 9.17) is 9.47 Å². The van der Waals surface area contributed by atoms with Crippen LogP contribution in [0.4, 0.5) is 13.2 Å². The zero-order valence-electron chi connectivity index (χ0n) is 20.9. The lowest BCUT2D eigenvalue weighted by Gasteiger charge is -2.30. The summed E-state index contributed by atoms with van der Waals surface area (Å²) in [4.78, 5) is 23.7. The average molecular weight is 497 g/mol. The lowest BCUT2D eigenvalue weighted by molar-refractivity contribution is -0.157. The van der Waals surface area contributed by atoms with E-state index in [1.165, 1.54) is 0 Å². The molecule has 0 N–H and O–H groups in total. The molecule has 0 spiro atoms. The highest BCUT2D eigenvalue weighted by Gasteiger charge is 2.30. The Morgan fingerprint density at radius 3 is 1.69 bits per heavy atom. The minimum absolute atomic E-state index is 0.0581. The van der Waals surface area contributed by atoms with Gasteiger partial charge >= 0.3 is 11.9 Å². The molecule has 2 fully saturated rings. The van der Waals surface area contributed by atoms with Gasteiger partial charge in [-0.2, -0.15) is 0 Å². The molecule has 196 valence electrons. The predicted octanol–water partition coefficient (Wildman–Crippen LogP) is 7.24. The zero-order chi connectivity index (χ0) is 25.4. The molecule has 1 aromatic rings. The molecule has 0 heterocycles. The standard InChI is InChI=1S/C28H39F3O4/c1-3-5-24(29)27(32)34-21-12-7-18(8-13-21)20-11-16-23(26(31)17-20)19-9-14-22(15-10-19)35-28(33)25(30)6-4-2/h11,16-19,21-22,24-25H,3-10,12-15H2,1-2H3/t18-,19-,21-,22-,24-,25-/m0/s1. The van der Waals surface area contributed by atoms with Crippen molar-refractivity contribution in [1.29, 1.82) is 0 Å². The van der Waals surface area contributed by atoms with Gasteiger partial charge in [-0.1, -0.05) is 38.8 Å². The molecule has 7 heteroatoms. The molecule has 0 radical (unpaired) electrons. The van der Waals surface area contributed by atoms with Gasteiger partial charge < -0.3 is 9.47 Å². The Labute approximate surface area is 206 Å². The number of ether oxygens (including phenoxy) is 2. The fourth-order valence-corrected chi connectivity index (χ4v) is 5.35. The van der Waals surface area contributed by atoms with Gasteiger partial charge in [0.2, 0.25) is 0 Å². The molecule has 0 bridgehead atoms. The van der Waals surface area contributed by atoms with E-state index < -0.39 is 24.3 Å². The molecule has 0 aliphatic heterocycles. The average Bonchev–Trinajstić information content (AvgIpc) is 2.85. The Morgan fingerprint density at radius 2 is 1.26 bits per heavy atom. The van der Waals surface area contributed by atoms with E-state index in [2.05, 4.69) is 0 Å². The SMILES string of the molecule is CCC[C@H](F)C(=O)O[C@H]1CC[C@H](c2ccc([C@H]3CC[C@H](OC(=O)[C@@H](F)CCC)CC3)c(F)c2)CC1. The fraction of sp³-hybridized carbons (Fsp3) is 0.714. The van der Waals surface area contributed by atoms with Crippen molar-refractivity contribution in [2.45, 2.75) is 127 Å². The molecular formula is C28H39F3O4. The fourth-order valence-electron chi connectivity index (χ4n) is 5.35. The van der Waals surface area contributed by atoms with Crippen molar-refractivity contribution in [1.82, 2.24) is 0 Å². The summed E-state index contributed by atoms with van der Waals surface area (Å²) in [5, 5.41) is 0. The summed E-state index contributed by atoms with van der Waals surface area (Å²) in [5.41, 5.74) is 1.62. The van der Waals surface area contributed by atoms with E-state index in [-0.39, 0.29) is 42.7 Å². The third-order valence-electron chi connectivity index (χ3n) is 7.45. The highest BCUT2D eigenvalue weighted by atomic mass is 19.1. The highest BCUT2D eigenvalue weighted by Crippen LogP contribution is 2.39. The van der Waals surface area contributed by atoms with E-state index in [9.17, 15) is 18.4 Å². The molecule has 2 atom stereocenters. The van der Waals surface area contributed by atoms with Crippen LogP contribution in [-0.2, 0) is 19.1 Å². The summed E-state index contributed by atoms with van der Waals surface area (Å²) >= 11 is 0. The van der Waals surface area contributed by atoms with E-state index >= 15 is 4.39 Å². The Morgan fingerprint density at radius 1 is 0.800 bits per heavy atom. The molecule has 1 aromatic carbocycles. The third kappa shape index (κ3) is 7.71. The van der Waals surface area contributed by atoms with Crippen molar-refractivity contribution in [2.24, 2.45) is 0 Å². The summed E-state index contributed by atoms with van der Waals surface area (Å²) < 4.78 is 53.1. The Bertz CT molecular complexity index is 829. The van der Waals surface area contributed by atoms with Crippen molar-refractivity contribution in [3.63, 3.8) is 0 Å². The van der Waals surface area contributed by atoms with Crippen LogP contribution < -0.4 is 0 Å². The second-order valence-electron chi connectivity index (χ2n) is 10.1. The summed E-state index contributed by atoms with van der Waals surface area (Å²) in [6.07, 6.45) is 3.32. The lowest BCUT2D eigenvalue weighted by atomic mass is 9.79. The van der Waals surface area contributed by atoms with Crippen molar-refractivity contribution in [3.05, 3.63) is 35.1 Å². The van der Waals surface area contributed by atoms with Crippen LogP contribution in [0.5, 0.6) is 0 Å². The Kier molecular flexibility index (Phi) is 10.5. The number of rotatable bonds is 10. The van der Waals surface area contributed by atoms with Gasteiger partial charge in [-0.15, -0.1) is 0 Å². The summed E-state index contributed by atoms with van der Waals surface area (Å²) in [7, 11) is 0. The van der Waals surface area contributed by atoms with Gasteiger partial charge in [-0.3, -0.25) is 0 Å². The van der Waals surface area contributed by atoms with E-state index in [1.54, 1.807) is 6.07 Å². The molecule has 3 rings (SSSR count). The lowest BCUT2D eigenvalue weighted by Crippen LogP contribution is -2.28. The van der Waals surface area contributed by atoms with Crippen molar-refractivity contribution < 1.29 is 32.2 Å². The van der Waals surface area contributed by atoms with Gasteiger partial charge in [0.05, 0.1) is 0 Å². The zero-order valence-corrected chi connectivity index (χ0v) is 20.9. The second-order valence-corrected chi connectivity index (χ2v) is 10.1. The number of carbonyl (C=O) groups excluding carboxylic acids is 2. The molecule has 0 unspecified atom stereocenters. The Hall–Kier alpha value is -2.05. The maximum atomic E-state index is 15.1. The first-order chi connectivity index (χ1) is 16.8. The number of hydrogen-bond acceptors (Lipinski definition) is 4. The quantitative estimate of drug-likeness (QED) is 0.320. The van der Waals surface area contributed by atoms with Crippen LogP contribution >= 0.6 is 0 Å². The number of alkyl halides is 2. The minimum Gasteiger partial charge on any atom is -0.460 e. The number of halogens is 3. The number of esters is 2. The molecule has 0 aromatic heterocycles. The van der Waals surface area contributed by atoms with Crippen molar-refractivity contribution in [2.75, 3.05) is 0 Å². The van der Waals surface area contributed by atoms with Crippen LogP contribution in [0.3, 0.4) is 0 Å². The summed E-state index contributed by atoms with van der Waals surface area (Å²) in [6.45, 7) is 3.65. The third-order valence-corrected chi connectivity index (χ3v) is 7.45. The summed E-state index contributed by atoms with van der Waals surface area (Å²) in [6, 6.07) is 5.47. The highest BCUT2D eigenvalue weighted by molar-refractivity contribution is 5.75. The van der Waals surface area contributed by atoms with Crippen molar-refractivity contribution in [3.8, 4) is 0 Å². The van der Waals surface area contributed by atoms with Gasteiger partial charge in [-0.05, 0) is 93.2 Å². The number of benzene rings is 1. The van der Waals surface area contributed by atoms with Crippen LogP contribution in [-0.4, -0.2) is 36.5 Å². The smallest absolute Gasteiger partial charge is 0.340 e. The first-order valence-electron chi connectivity index (χ1n) is 13.3. The monoisotopic (exact) mass is 496 g/mol. The van der Waals surface area contributed by atoms with E-state index in [0.29, 0.717) is 56.9 Å². The summed E-state index contributed by atoms with van der Waals surface area (Å²) in [5.74, 6) is -1.51. The maximum Gasteiger partial charge on any atom is 0.340 e. The van der Waals surface area contributed by atoms with Gasteiger partial charge in [0, 0.05) is 0 Å². The van der Waals surface area contributed by atoms with Crippen LogP contribution in [0.2, 0.25) is 0 Å². The Balaban J connectivity index is 1.47. The molecule has 0 saturated heterocycles. The molecule has 4 nitrogen and oxygen atoms in total. The van der Waals surface area contributed by atoms with E-state index in [0.717, 1.165) is 18.4 Å². The molecule has 2 aliphatic rings. The number of carbonyl (C=O) groups is 2. The van der Waals surface area contributed by atoms with Crippen LogP contribution in [0.15, 0.2) is 18.2 Å². The van der Waals surface area contributed by atoms with Gasteiger partial charge in [0.15, 0.2) is 12.3 Å². The van der Waals surface area contributed by atoms with Gasteiger partial charge in [0.1, 0.15) is 18.0 Å². The second kappa shape index (κ2) is 13.3. The largest absolute Gasteiger partial charge is 0.460 e. The first-order valence-corrected chi connectivity index (χ1v) is 13.3. The molecular weight excluding hydrogens is 457 g/mol. The van der Waals surface area contributed by atoms with Crippen LogP contribution in [0.1, 0.15) is 114 Å². The molecule has 2 aliphatic carbocycles. The number of hydrogen-bond donors (Lipinski definition) is 0. The first kappa shape index (κ1) is 27.5. The molecule has 0 amide bonds. The molecule has 2 saturated carbocycles. The maximum absolute atomic E-state index is 15.1. The van der Waals surface area contributed by atoms with Crippen LogP contribution in [0.25, 0.3) is 0 Å². The minimum atomic E-state index is -1.56. The van der Waals surface area contributed by atoms with Gasteiger partial charge in [0.25, 0.3) is 0 Å². The van der Waals surface area contributed by atoms with Crippen LogP contribution in [0, 0.1) is 5.82 Å².